The van der Waals surface area contributed by atoms with E-state index >= 15 is 0 Å². The third kappa shape index (κ3) is 4.43. The molecule has 0 aliphatic rings. The molecular weight excluding hydrogens is 247 g/mol. The fraction of sp³-hybridized carbons (Fsp3) is 0.286. The minimum absolute atomic E-state index is 0.354. The lowest BCUT2D eigenvalue weighted by Gasteiger charge is -2.24. The SMILES string of the molecule is CCN(CCC#N)c1ccc(F)cc1C=CC(=O)O. The van der Waals surface area contributed by atoms with Crippen molar-refractivity contribution in [1.29, 1.82) is 5.26 Å². The van der Waals surface area contributed by atoms with Crippen LogP contribution in [0.25, 0.3) is 6.08 Å². The van der Waals surface area contributed by atoms with Crippen LogP contribution in [0.15, 0.2) is 24.3 Å². The van der Waals surface area contributed by atoms with Gasteiger partial charge in [0.1, 0.15) is 5.82 Å². The maximum Gasteiger partial charge on any atom is 0.328 e. The summed E-state index contributed by atoms with van der Waals surface area (Å²) in [5.41, 5.74) is 1.21. The van der Waals surface area contributed by atoms with E-state index in [1.54, 1.807) is 6.07 Å². The fourth-order valence-corrected chi connectivity index (χ4v) is 1.74. The molecule has 0 unspecified atom stereocenters. The summed E-state index contributed by atoms with van der Waals surface area (Å²) in [6.45, 7) is 3.10. The van der Waals surface area contributed by atoms with Crippen molar-refractivity contribution in [1.82, 2.24) is 0 Å². The molecule has 0 heterocycles. The van der Waals surface area contributed by atoms with Crippen molar-refractivity contribution in [2.75, 3.05) is 18.0 Å². The Kier molecular flexibility index (Phi) is 5.55. The molecule has 4 nitrogen and oxygen atoms in total. The molecule has 0 amide bonds. The zero-order chi connectivity index (χ0) is 14.3. The zero-order valence-electron chi connectivity index (χ0n) is 10.6. The van der Waals surface area contributed by atoms with E-state index in [0.717, 1.165) is 11.8 Å². The maximum absolute atomic E-state index is 13.2. The number of carboxylic acid groups (broad SMARTS) is 1. The van der Waals surface area contributed by atoms with Gasteiger partial charge in [0, 0.05) is 30.4 Å². The number of nitrogens with zero attached hydrogens (tertiary/aromatic N) is 2. The summed E-state index contributed by atoms with van der Waals surface area (Å²) in [6, 6.07) is 6.25. The molecular formula is C14H15FN2O2. The van der Waals surface area contributed by atoms with Gasteiger partial charge in [-0.2, -0.15) is 5.26 Å². The lowest BCUT2D eigenvalue weighted by atomic mass is 10.1. The number of hydrogen-bond donors (Lipinski definition) is 1. The van der Waals surface area contributed by atoms with Gasteiger partial charge in [-0.15, -0.1) is 0 Å². The molecule has 0 bridgehead atoms. The predicted molar refractivity (Wildman–Crippen MR) is 71.2 cm³/mol. The number of benzene rings is 1. The summed E-state index contributed by atoms with van der Waals surface area (Å²) < 4.78 is 13.2. The smallest absolute Gasteiger partial charge is 0.328 e. The average molecular weight is 262 g/mol. The first kappa shape index (κ1) is 14.7. The molecule has 0 atom stereocenters. The van der Waals surface area contributed by atoms with Crippen LogP contribution < -0.4 is 4.90 Å². The second-order valence-corrected chi connectivity index (χ2v) is 3.86. The second-order valence-electron chi connectivity index (χ2n) is 3.86. The summed E-state index contributed by atoms with van der Waals surface area (Å²) in [6.07, 6.45) is 2.68. The van der Waals surface area contributed by atoms with E-state index in [4.69, 9.17) is 10.4 Å². The van der Waals surface area contributed by atoms with Gasteiger partial charge in [-0.1, -0.05) is 0 Å². The summed E-state index contributed by atoms with van der Waals surface area (Å²) in [5, 5.41) is 17.3. The Morgan fingerprint density at radius 3 is 2.89 bits per heavy atom. The van der Waals surface area contributed by atoms with Gasteiger partial charge >= 0.3 is 5.97 Å². The molecule has 5 heteroatoms. The highest BCUT2D eigenvalue weighted by atomic mass is 19.1. The Hall–Kier alpha value is -2.35. The zero-order valence-corrected chi connectivity index (χ0v) is 10.6. The van der Waals surface area contributed by atoms with Gasteiger partial charge in [-0.3, -0.25) is 0 Å². The highest BCUT2D eigenvalue weighted by molar-refractivity contribution is 5.87. The lowest BCUT2D eigenvalue weighted by molar-refractivity contribution is -0.131. The van der Waals surface area contributed by atoms with Crippen LogP contribution in [-0.4, -0.2) is 24.2 Å². The van der Waals surface area contributed by atoms with E-state index in [1.807, 2.05) is 11.8 Å². The van der Waals surface area contributed by atoms with Crippen molar-refractivity contribution in [3.05, 3.63) is 35.7 Å². The van der Waals surface area contributed by atoms with Crippen LogP contribution in [-0.2, 0) is 4.79 Å². The van der Waals surface area contributed by atoms with Crippen LogP contribution in [0.2, 0.25) is 0 Å². The fourth-order valence-electron chi connectivity index (χ4n) is 1.74. The number of aliphatic carboxylic acids is 1. The highest BCUT2D eigenvalue weighted by Gasteiger charge is 2.09. The molecule has 0 aromatic heterocycles. The van der Waals surface area contributed by atoms with E-state index in [0.29, 0.717) is 25.1 Å². The lowest BCUT2D eigenvalue weighted by Crippen LogP contribution is -2.24. The second kappa shape index (κ2) is 7.17. The molecule has 1 rings (SSSR count). The molecule has 0 fully saturated rings. The van der Waals surface area contributed by atoms with Crippen LogP contribution in [0.4, 0.5) is 10.1 Å². The minimum Gasteiger partial charge on any atom is -0.478 e. The molecule has 0 radical (unpaired) electrons. The Morgan fingerprint density at radius 1 is 1.58 bits per heavy atom. The van der Waals surface area contributed by atoms with Crippen LogP contribution in [0, 0.1) is 17.1 Å². The monoisotopic (exact) mass is 262 g/mol. The number of hydrogen-bond acceptors (Lipinski definition) is 3. The molecule has 19 heavy (non-hydrogen) atoms. The van der Waals surface area contributed by atoms with Crippen molar-refractivity contribution in [2.45, 2.75) is 13.3 Å². The predicted octanol–water partition coefficient (Wildman–Crippen LogP) is 2.66. The molecule has 0 spiro atoms. The first-order valence-corrected chi connectivity index (χ1v) is 5.91. The molecule has 0 saturated carbocycles. The molecule has 1 aromatic carbocycles. The molecule has 100 valence electrons. The largest absolute Gasteiger partial charge is 0.478 e. The summed E-state index contributed by atoms with van der Waals surface area (Å²) >= 11 is 0. The van der Waals surface area contributed by atoms with Gasteiger partial charge in [0.2, 0.25) is 0 Å². The van der Waals surface area contributed by atoms with E-state index in [-0.39, 0.29) is 0 Å². The first-order valence-electron chi connectivity index (χ1n) is 5.91. The van der Waals surface area contributed by atoms with Gasteiger partial charge in [-0.05, 0) is 31.2 Å². The molecule has 0 saturated heterocycles. The maximum atomic E-state index is 13.2. The van der Waals surface area contributed by atoms with Crippen LogP contribution in [0.5, 0.6) is 0 Å². The normalized spacial score (nSPS) is 10.4. The topological polar surface area (TPSA) is 64.3 Å². The van der Waals surface area contributed by atoms with Crippen LogP contribution in [0.1, 0.15) is 18.9 Å². The van der Waals surface area contributed by atoms with Crippen molar-refractivity contribution >= 4 is 17.7 Å². The molecule has 1 N–H and O–H groups in total. The quantitative estimate of drug-likeness (QED) is 0.800. The van der Waals surface area contributed by atoms with E-state index in [9.17, 15) is 9.18 Å². The standard InChI is InChI=1S/C14H15FN2O2/c1-2-17(9-3-8-16)13-6-5-12(15)10-11(13)4-7-14(18)19/h4-7,10H,2-3,9H2,1H3,(H,18,19). The van der Waals surface area contributed by atoms with Crippen LogP contribution in [0.3, 0.4) is 0 Å². The summed E-state index contributed by atoms with van der Waals surface area (Å²) in [7, 11) is 0. The van der Waals surface area contributed by atoms with E-state index in [2.05, 4.69) is 6.07 Å². The first-order chi connectivity index (χ1) is 9.08. The summed E-state index contributed by atoms with van der Waals surface area (Å²) in [5.74, 6) is -1.51. The third-order valence-electron chi connectivity index (χ3n) is 2.61. The van der Waals surface area contributed by atoms with Crippen molar-refractivity contribution in [2.24, 2.45) is 0 Å². The Bertz CT molecular complexity index is 521. The minimum atomic E-state index is -1.09. The number of carboxylic acids is 1. The van der Waals surface area contributed by atoms with E-state index < -0.39 is 11.8 Å². The molecule has 1 aromatic rings. The Balaban J connectivity index is 3.10. The van der Waals surface area contributed by atoms with E-state index in [1.165, 1.54) is 18.2 Å². The van der Waals surface area contributed by atoms with Crippen molar-refractivity contribution in [3.63, 3.8) is 0 Å². The number of rotatable bonds is 6. The van der Waals surface area contributed by atoms with Gasteiger partial charge in [0.15, 0.2) is 0 Å². The highest BCUT2D eigenvalue weighted by Crippen LogP contribution is 2.23. The van der Waals surface area contributed by atoms with Gasteiger partial charge in [0.05, 0.1) is 12.5 Å². The number of nitriles is 1. The number of carbonyl (C=O) groups is 1. The van der Waals surface area contributed by atoms with Gasteiger partial charge in [0.25, 0.3) is 0 Å². The third-order valence-corrected chi connectivity index (χ3v) is 2.61. The van der Waals surface area contributed by atoms with Crippen molar-refractivity contribution in [3.8, 4) is 6.07 Å². The number of anilines is 1. The Morgan fingerprint density at radius 2 is 2.32 bits per heavy atom. The molecule has 0 aliphatic heterocycles. The average Bonchev–Trinajstić information content (AvgIpc) is 2.38. The van der Waals surface area contributed by atoms with Gasteiger partial charge < -0.3 is 10.0 Å². The molecule has 0 aliphatic carbocycles. The summed E-state index contributed by atoms with van der Waals surface area (Å²) in [4.78, 5) is 12.4. The number of halogens is 1. The Labute approximate surface area is 111 Å². The van der Waals surface area contributed by atoms with Gasteiger partial charge in [-0.25, -0.2) is 9.18 Å². The van der Waals surface area contributed by atoms with Crippen LogP contribution >= 0.6 is 0 Å². The van der Waals surface area contributed by atoms with Crippen molar-refractivity contribution < 1.29 is 14.3 Å².